The molecule has 0 radical (unpaired) electrons. The molecule has 6 nitrogen and oxygen atoms in total. The van der Waals surface area contributed by atoms with Crippen LogP contribution < -0.4 is 0 Å². The van der Waals surface area contributed by atoms with E-state index in [-0.39, 0.29) is 9.79 Å². The molecule has 0 bridgehead atoms. The summed E-state index contributed by atoms with van der Waals surface area (Å²) in [5.74, 6) is 0. The maximum atomic E-state index is 11.3. The van der Waals surface area contributed by atoms with E-state index in [9.17, 15) is 21.4 Å². The van der Waals surface area contributed by atoms with Crippen molar-refractivity contribution in [2.75, 3.05) is 0 Å². The van der Waals surface area contributed by atoms with Crippen molar-refractivity contribution in [3.63, 3.8) is 0 Å². The van der Waals surface area contributed by atoms with E-state index in [4.69, 9.17) is 4.55 Å². The van der Waals surface area contributed by atoms with Crippen LogP contribution in [-0.4, -0.2) is 25.9 Å². The van der Waals surface area contributed by atoms with E-state index in [1.54, 1.807) is 42.5 Å². The Morgan fingerprint density at radius 1 is 0.556 bits per heavy atom. The minimum absolute atomic E-state index is 0.0457. The van der Waals surface area contributed by atoms with Gasteiger partial charge in [0.25, 0.3) is 20.2 Å². The molecule has 0 aliphatic rings. The predicted molar refractivity (Wildman–Crippen MR) is 146 cm³/mol. The Balaban J connectivity index is 0.000000278. The van der Waals surface area contributed by atoms with Crippen molar-refractivity contribution in [3.8, 4) is 0 Å². The molecule has 3 aromatic carbocycles. The van der Waals surface area contributed by atoms with Crippen LogP contribution in [0, 0.1) is 0 Å². The molecule has 2 N–H and O–H groups in total. The fourth-order valence-corrected chi connectivity index (χ4v) is 5.65. The summed E-state index contributed by atoms with van der Waals surface area (Å²) in [6.45, 7) is 2.24. The van der Waals surface area contributed by atoms with E-state index in [1.807, 2.05) is 12.1 Å². The van der Waals surface area contributed by atoms with Gasteiger partial charge in [0.2, 0.25) is 0 Å². The lowest BCUT2D eigenvalue weighted by Crippen LogP contribution is -2.03. The average molecular weight is 535 g/mol. The lowest BCUT2D eigenvalue weighted by atomic mass is 10.0. The molecule has 0 saturated carbocycles. The smallest absolute Gasteiger partial charge is 0.282 e. The molecule has 0 aliphatic heterocycles. The van der Waals surface area contributed by atoms with Crippen LogP contribution in [0.3, 0.4) is 0 Å². The van der Waals surface area contributed by atoms with Crippen LogP contribution in [0.15, 0.2) is 76.5 Å². The molecule has 0 amide bonds. The Labute approximate surface area is 216 Å². The second-order valence-corrected chi connectivity index (χ2v) is 11.7. The topological polar surface area (TPSA) is 109 Å². The summed E-state index contributed by atoms with van der Waals surface area (Å²) in [5.41, 5.74) is 0.726. The third kappa shape index (κ3) is 10.4. The zero-order valence-corrected chi connectivity index (χ0v) is 22.6. The highest BCUT2D eigenvalue weighted by Crippen LogP contribution is 2.22. The highest BCUT2D eigenvalue weighted by atomic mass is 32.2. The van der Waals surface area contributed by atoms with E-state index in [0.29, 0.717) is 11.8 Å². The van der Waals surface area contributed by atoms with Gasteiger partial charge in [-0.1, -0.05) is 119 Å². The van der Waals surface area contributed by atoms with E-state index >= 15 is 0 Å². The van der Waals surface area contributed by atoms with Gasteiger partial charge in [0, 0.05) is 5.39 Å². The highest BCUT2D eigenvalue weighted by molar-refractivity contribution is 7.86. The summed E-state index contributed by atoms with van der Waals surface area (Å²) in [4.78, 5) is 0.0153. The van der Waals surface area contributed by atoms with Crippen LogP contribution in [0.1, 0.15) is 76.7 Å². The minimum Gasteiger partial charge on any atom is -0.282 e. The lowest BCUT2D eigenvalue weighted by Gasteiger charge is -2.07. The van der Waals surface area contributed by atoms with Crippen LogP contribution in [0.5, 0.6) is 0 Å². The molecular formula is C28H38O6S2. The Bertz CT molecular complexity index is 1280. The summed E-state index contributed by atoms with van der Waals surface area (Å²) in [6, 6.07) is 18.5. The highest BCUT2D eigenvalue weighted by Gasteiger charge is 2.14. The molecule has 0 aromatic heterocycles. The van der Waals surface area contributed by atoms with Crippen molar-refractivity contribution in [2.45, 2.75) is 87.3 Å². The molecule has 0 atom stereocenters. The van der Waals surface area contributed by atoms with Crippen LogP contribution in [0.4, 0.5) is 0 Å². The van der Waals surface area contributed by atoms with Crippen molar-refractivity contribution in [2.24, 2.45) is 0 Å². The van der Waals surface area contributed by atoms with E-state index in [1.165, 1.54) is 63.5 Å². The molecule has 0 spiro atoms. The maximum Gasteiger partial charge on any atom is 0.295 e. The van der Waals surface area contributed by atoms with Gasteiger partial charge in [-0.3, -0.25) is 9.11 Å². The number of unbranched alkanes of at least 4 members (excludes halogenated alkanes) is 9. The molecule has 36 heavy (non-hydrogen) atoms. The Morgan fingerprint density at radius 2 is 1.03 bits per heavy atom. The standard InChI is InChI=1S/C18H30O3S.C10H8O3S/c1-2-3-4-5-6-7-8-9-10-11-14-17-15-12-13-16-18(17)22(19,20)21;11-14(12,13)10-7-3-5-8-4-1-2-6-9(8)10/h12-13,15-16H,2-11,14H2,1H3,(H,19,20,21);1-7H,(H,11,12,13). The van der Waals surface area contributed by atoms with Gasteiger partial charge in [0.15, 0.2) is 0 Å². The summed E-state index contributed by atoms with van der Waals surface area (Å²) in [5, 5.41) is 1.33. The Kier molecular flexibility index (Phi) is 12.6. The van der Waals surface area contributed by atoms with Crippen molar-refractivity contribution in [1.82, 2.24) is 0 Å². The summed E-state index contributed by atoms with van der Waals surface area (Å²) >= 11 is 0. The Hall–Kier alpha value is -2.26. The van der Waals surface area contributed by atoms with Crippen LogP contribution in [0.25, 0.3) is 10.8 Å². The summed E-state index contributed by atoms with van der Waals surface area (Å²) in [6.07, 6.45) is 13.3. The normalized spacial score (nSPS) is 11.8. The van der Waals surface area contributed by atoms with Gasteiger partial charge < -0.3 is 0 Å². The fourth-order valence-electron chi connectivity index (χ4n) is 4.19. The van der Waals surface area contributed by atoms with E-state index in [0.717, 1.165) is 23.8 Å². The monoisotopic (exact) mass is 534 g/mol. The third-order valence-corrected chi connectivity index (χ3v) is 7.94. The predicted octanol–water partition coefficient (Wildman–Crippen LogP) is 7.48. The molecular weight excluding hydrogens is 496 g/mol. The fraction of sp³-hybridized carbons (Fsp3) is 0.429. The molecule has 0 aliphatic carbocycles. The lowest BCUT2D eigenvalue weighted by molar-refractivity contribution is 0.480. The van der Waals surface area contributed by atoms with Gasteiger partial charge in [-0.2, -0.15) is 16.8 Å². The summed E-state index contributed by atoms with van der Waals surface area (Å²) < 4.78 is 62.8. The van der Waals surface area contributed by atoms with E-state index in [2.05, 4.69) is 6.92 Å². The number of fused-ring (bicyclic) bond motifs is 1. The van der Waals surface area contributed by atoms with Gasteiger partial charge >= 0.3 is 0 Å². The Morgan fingerprint density at radius 3 is 1.64 bits per heavy atom. The summed E-state index contributed by atoms with van der Waals surface area (Å²) in [7, 11) is -8.23. The number of aryl methyl sites for hydroxylation is 1. The van der Waals surface area contributed by atoms with Gasteiger partial charge in [-0.25, -0.2) is 0 Å². The molecule has 8 heteroatoms. The van der Waals surface area contributed by atoms with Crippen LogP contribution in [-0.2, 0) is 26.7 Å². The number of hydrogen-bond donors (Lipinski definition) is 2. The van der Waals surface area contributed by atoms with Gasteiger partial charge in [-0.05, 0) is 35.9 Å². The number of rotatable bonds is 13. The maximum absolute atomic E-state index is 11.3. The number of benzene rings is 3. The minimum atomic E-state index is -4.13. The molecule has 0 fully saturated rings. The third-order valence-electron chi connectivity index (χ3n) is 6.08. The number of hydrogen-bond acceptors (Lipinski definition) is 4. The molecule has 0 heterocycles. The first kappa shape index (κ1) is 30.0. The zero-order valence-electron chi connectivity index (χ0n) is 21.0. The first-order valence-corrected chi connectivity index (χ1v) is 15.5. The van der Waals surface area contributed by atoms with Crippen molar-refractivity contribution >= 4 is 31.0 Å². The first-order chi connectivity index (χ1) is 17.1. The largest absolute Gasteiger partial charge is 0.295 e. The zero-order chi connectivity index (χ0) is 26.4. The van der Waals surface area contributed by atoms with Crippen molar-refractivity contribution in [1.29, 1.82) is 0 Å². The van der Waals surface area contributed by atoms with E-state index < -0.39 is 20.2 Å². The molecule has 3 aromatic rings. The van der Waals surface area contributed by atoms with Crippen LogP contribution in [0.2, 0.25) is 0 Å². The SMILES string of the molecule is CCCCCCCCCCCCc1ccccc1S(=O)(=O)O.O=S(=O)(O)c1cccc2ccccc12. The second-order valence-electron chi connectivity index (χ2n) is 8.97. The first-order valence-electron chi connectivity index (χ1n) is 12.6. The van der Waals surface area contributed by atoms with Crippen LogP contribution >= 0.6 is 0 Å². The van der Waals surface area contributed by atoms with Gasteiger partial charge in [0.1, 0.15) is 4.90 Å². The molecule has 0 saturated heterocycles. The van der Waals surface area contributed by atoms with Gasteiger partial charge in [-0.15, -0.1) is 0 Å². The second kappa shape index (κ2) is 15.1. The van der Waals surface area contributed by atoms with Crippen molar-refractivity contribution in [3.05, 3.63) is 72.3 Å². The van der Waals surface area contributed by atoms with Gasteiger partial charge in [0.05, 0.1) is 4.90 Å². The molecule has 198 valence electrons. The molecule has 3 rings (SSSR count). The van der Waals surface area contributed by atoms with Crippen molar-refractivity contribution < 1.29 is 25.9 Å². The molecule has 0 unspecified atom stereocenters. The quantitative estimate of drug-likeness (QED) is 0.174. The average Bonchev–Trinajstić information content (AvgIpc) is 2.84.